The molecule has 2 N–H and O–H groups in total. The van der Waals surface area contributed by atoms with E-state index >= 15 is 0 Å². The van der Waals surface area contributed by atoms with Crippen LogP contribution in [0, 0.1) is 6.92 Å². The number of nitrogens with zero attached hydrogens (tertiary/aromatic N) is 1. The summed E-state index contributed by atoms with van der Waals surface area (Å²) in [5.41, 5.74) is 4.13. The first-order valence-corrected chi connectivity index (χ1v) is 14.3. The van der Waals surface area contributed by atoms with Gasteiger partial charge in [-0.1, -0.05) is 59.1 Å². The number of ether oxygens (including phenoxy) is 1. The molecule has 0 fully saturated rings. The maximum absolute atomic E-state index is 13.0. The van der Waals surface area contributed by atoms with Crippen molar-refractivity contribution >= 4 is 74.9 Å². The number of nitrogens with one attached hydrogen (secondary N) is 1. The van der Waals surface area contributed by atoms with E-state index in [1.165, 1.54) is 4.57 Å². The van der Waals surface area contributed by atoms with Crippen molar-refractivity contribution in [1.29, 1.82) is 0 Å². The molecule has 0 spiro atoms. The number of fused-ring (bicyclic) bond motifs is 1. The van der Waals surface area contributed by atoms with E-state index in [0.29, 0.717) is 65.5 Å². The Hall–Kier alpha value is -3.50. The zero-order chi connectivity index (χ0) is 32.0. The fraction of sp³-hybridized carbons (Fsp3) is 0.121. The molecule has 5 rings (SSSR count). The third-order valence-electron chi connectivity index (χ3n) is 6.74. The van der Waals surface area contributed by atoms with Gasteiger partial charge in [0, 0.05) is 39.7 Å². The molecule has 226 valence electrons. The first-order valence-electron chi connectivity index (χ1n) is 13.2. The van der Waals surface area contributed by atoms with Gasteiger partial charge in [-0.05, 0) is 78.7 Å². The molecule has 5 aromatic rings. The number of anilines is 2. The normalized spacial score (nSPS) is 10.3. The van der Waals surface area contributed by atoms with Crippen molar-refractivity contribution in [2.24, 2.45) is 0 Å². The van der Waals surface area contributed by atoms with E-state index in [2.05, 4.69) is 5.32 Å². The number of aromatic nitrogens is 1. The van der Waals surface area contributed by atoms with Crippen molar-refractivity contribution in [3.8, 4) is 5.75 Å². The van der Waals surface area contributed by atoms with Crippen LogP contribution in [-0.2, 0) is 22.4 Å². The fourth-order valence-corrected chi connectivity index (χ4v) is 5.27. The Morgan fingerprint density at radius 1 is 0.889 bits per heavy atom. The van der Waals surface area contributed by atoms with Gasteiger partial charge in [-0.2, -0.15) is 0 Å². The Labute approximate surface area is 296 Å². The second-order valence-corrected chi connectivity index (χ2v) is 10.8. The monoisotopic (exact) mass is 674 g/mol. The molecule has 0 atom stereocenters. The Balaban J connectivity index is 0.000000249. The van der Waals surface area contributed by atoms with Gasteiger partial charge in [-0.15, -0.1) is 0 Å². The first kappa shape index (κ1) is 36.0. The SMILES string of the molecule is COc1ccc2c(c1)c(CC(=O)O)c(C)n2C(=O)c1ccc(Cl)cc1.O=C([O-])Cc1ccccc1Nc1c(Cl)cccc1Cl.[Na+]. The van der Waals surface area contributed by atoms with E-state index in [4.69, 9.17) is 39.5 Å². The number of carbonyl (C=O) groups is 3. The summed E-state index contributed by atoms with van der Waals surface area (Å²) in [6, 6.07) is 24.0. The second kappa shape index (κ2) is 16.2. The van der Waals surface area contributed by atoms with E-state index in [1.807, 2.05) is 0 Å². The van der Waals surface area contributed by atoms with Crippen LogP contribution in [0.2, 0.25) is 15.1 Å². The van der Waals surface area contributed by atoms with E-state index < -0.39 is 11.9 Å². The van der Waals surface area contributed by atoms with Crippen molar-refractivity contribution in [3.63, 3.8) is 0 Å². The van der Waals surface area contributed by atoms with Gasteiger partial charge >= 0.3 is 35.5 Å². The minimum absolute atomic E-state index is 0. The van der Waals surface area contributed by atoms with Crippen LogP contribution in [0.15, 0.2) is 84.9 Å². The molecule has 0 amide bonds. The van der Waals surface area contributed by atoms with Gasteiger partial charge in [0.25, 0.3) is 5.91 Å². The molecule has 0 aliphatic carbocycles. The number of rotatable bonds is 8. The molecule has 1 aromatic heterocycles. The smallest absolute Gasteiger partial charge is 0.550 e. The van der Waals surface area contributed by atoms with Gasteiger partial charge in [-0.3, -0.25) is 14.2 Å². The number of para-hydroxylation sites is 2. The van der Waals surface area contributed by atoms with E-state index in [1.54, 1.807) is 99.0 Å². The molecular weight excluding hydrogens is 650 g/mol. The van der Waals surface area contributed by atoms with Crippen LogP contribution in [-0.4, -0.2) is 34.6 Å². The minimum atomic E-state index is -1.14. The Morgan fingerprint density at radius 3 is 2.13 bits per heavy atom. The van der Waals surface area contributed by atoms with Crippen molar-refractivity contribution in [2.75, 3.05) is 12.4 Å². The van der Waals surface area contributed by atoms with Crippen molar-refractivity contribution < 1.29 is 58.9 Å². The van der Waals surface area contributed by atoms with Crippen LogP contribution in [0.5, 0.6) is 5.75 Å². The number of carbonyl (C=O) groups excluding carboxylic acids is 2. The topological polar surface area (TPSA) is 121 Å². The standard InChI is InChI=1S/C19H16ClNO4.C14H11Cl2NO2.Na/c1-11-15(10-18(22)23)16-9-14(25-2)7-8-17(16)21(11)19(24)12-3-5-13(20)6-4-12;15-10-5-3-6-11(16)14(10)17-12-7-2-1-4-9(12)8-13(18)19;/h3-9H,10H2,1-2H3,(H,22,23);1-7,17H,8H2,(H,18,19);/q;;+1/p-1. The van der Waals surface area contributed by atoms with Gasteiger partial charge in [0.2, 0.25) is 0 Å². The number of halogens is 3. The molecule has 12 heteroatoms. The molecule has 0 saturated carbocycles. The zero-order valence-electron chi connectivity index (χ0n) is 24.6. The third kappa shape index (κ3) is 8.82. The van der Waals surface area contributed by atoms with Crippen LogP contribution in [0.25, 0.3) is 10.9 Å². The quantitative estimate of drug-likeness (QED) is 0.239. The van der Waals surface area contributed by atoms with Gasteiger partial charge < -0.3 is 25.1 Å². The molecule has 0 aliphatic heterocycles. The van der Waals surface area contributed by atoms with E-state index in [-0.39, 0.29) is 48.3 Å². The average Bonchev–Trinajstić information content (AvgIpc) is 3.25. The zero-order valence-corrected chi connectivity index (χ0v) is 28.8. The summed E-state index contributed by atoms with van der Waals surface area (Å²) >= 11 is 18.0. The summed E-state index contributed by atoms with van der Waals surface area (Å²) in [5, 5.41) is 25.2. The molecule has 1 heterocycles. The maximum atomic E-state index is 13.0. The van der Waals surface area contributed by atoms with Crippen molar-refractivity contribution in [3.05, 3.63) is 122 Å². The van der Waals surface area contributed by atoms with Crippen molar-refractivity contribution in [2.45, 2.75) is 19.8 Å². The van der Waals surface area contributed by atoms with Crippen LogP contribution in [0.1, 0.15) is 27.2 Å². The molecule has 0 radical (unpaired) electrons. The van der Waals surface area contributed by atoms with Gasteiger partial charge in [0.15, 0.2) is 0 Å². The fourth-order valence-electron chi connectivity index (χ4n) is 4.65. The maximum Gasteiger partial charge on any atom is 1.00 e. The molecule has 0 unspecified atom stereocenters. The number of benzene rings is 4. The molecule has 45 heavy (non-hydrogen) atoms. The second-order valence-electron chi connectivity index (χ2n) is 9.59. The van der Waals surface area contributed by atoms with Crippen LogP contribution in [0.4, 0.5) is 11.4 Å². The molecule has 0 aliphatic rings. The number of carboxylic acid groups (broad SMARTS) is 2. The minimum Gasteiger partial charge on any atom is -0.550 e. The third-order valence-corrected chi connectivity index (χ3v) is 7.62. The summed E-state index contributed by atoms with van der Waals surface area (Å²) in [6.45, 7) is 1.75. The summed E-state index contributed by atoms with van der Waals surface area (Å²) in [6.07, 6.45) is -0.346. The predicted octanol–water partition coefficient (Wildman–Crippen LogP) is 3.96. The van der Waals surface area contributed by atoms with Gasteiger partial charge in [0.05, 0.1) is 34.8 Å². The van der Waals surface area contributed by atoms with Crippen molar-refractivity contribution in [1.82, 2.24) is 4.57 Å². The van der Waals surface area contributed by atoms with E-state index in [0.717, 1.165) is 0 Å². The number of methoxy groups -OCH3 is 1. The van der Waals surface area contributed by atoms with Gasteiger partial charge in [-0.25, -0.2) is 0 Å². The first-order chi connectivity index (χ1) is 21.0. The van der Waals surface area contributed by atoms with E-state index in [9.17, 15) is 24.6 Å². The van der Waals surface area contributed by atoms with Crippen LogP contribution in [0.3, 0.4) is 0 Å². The summed E-state index contributed by atoms with van der Waals surface area (Å²) in [7, 11) is 1.54. The van der Waals surface area contributed by atoms with Crippen LogP contribution >= 0.6 is 34.8 Å². The Kier molecular flexibility index (Phi) is 12.9. The van der Waals surface area contributed by atoms with Gasteiger partial charge in [0.1, 0.15) is 5.75 Å². The molecule has 0 bridgehead atoms. The number of hydrogen-bond donors (Lipinski definition) is 2. The Morgan fingerprint density at radius 2 is 1.53 bits per heavy atom. The molecule has 4 aromatic carbocycles. The summed E-state index contributed by atoms with van der Waals surface area (Å²) in [5.74, 6) is -1.72. The summed E-state index contributed by atoms with van der Waals surface area (Å²) < 4.78 is 6.77. The number of hydrogen-bond acceptors (Lipinski definition) is 6. The molecule has 0 saturated heterocycles. The predicted molar refractivity (Wildman–Crippen MR) is 171 cm³/mol. The largest absolute Gasteiger partial charge is 1.00 e. The number of carboxylic acids is 2. The average molecular weight is 676 g/mol. The van der Waals surface area contributed by atoms with Crippen LogP contribution < -0.4 is 44.7 Å². The molecular formula is C33H26Cl3N2NaO6. The summed E-state index contributed by atoms with van der Waals surface area (Å²) in [4.78, 5) is 35.0. The Bertz CT molecular complexity index is 1840. The number of aliphatic carboxylic acids is 2. The molecule has 8 nitrogen and oxygen atoms in total.